The van der Waals surface area contributed by atoms with E-state index in [0.717, 1.165) is 47.5 Å². The van der Waals surface area contributed by atoms with Crippen molar-refractivity contribution in [2.24, 2.45) is 0 Å². The molecule has 1 rings (SSSR count). The Morgan fingerprint density at radius 3 is 2.00 bits per heavy atom. The Morgan fingerprint density at radius 2 is 1.50 bits per heavy atom. The minimum absolute atomic E-state index is 0.0482. The van der Waals surface area contributed by atoms with Gasteiger partial charge in [0.05, 0.1) is 27.9 Å². The summed E-state index contributed by atoms with van der Waals surface area (Å²) < 4.78 is 7.46. The number of rotatable bonds is 9. The van der Waals surface area contributed by atoms with Crippen LogP contribution in [0.3, 0.4) is 0 Å². The summed E-state index contributed by atoms with van der Waals surface area (Å²) in [6.45, 7) is 16.4. The van der Waals surface area contributed by atoms with Crippen LogP contribution in [0.5, 0.6) is 0 Å². The number of hydrogen-bond donors (Lipinski definition) is 0. The van der Waals surface area contributed by atoms with Crippen LogP contribution in [0.4, 0.5) is 5.69 Å². The molecule has 0 unspecified atom stereocenters. The fourth-order valence-corrected chi connectivity index (χ4v) is 3.45. The molecule has 1 aromatic rings. The zero-order chi connectivity index (χ0) is 16.9. The van der Waals surface area contributed by atoms with E-state index in [1.807, 2.05) is 0 Å². The van der Waals surface area contributed by atoms with Gasteiger partial charge in [0.1, 0.15) is 0 Å². The first kappa shape index (κ1) is 19.7. The molecule has 0 aliphatic carbocycles. The average Bonchev–Trinajstić information content (AvgIpc) is 2.45. The van der Waals surface area contributed by atoms with Crippen LogP contribution in [0.15, 0.2) is 0 Å². The van der Waals surface area contributed by atoms with Gasteiger partial charge in [-0.15, -0.1) is 0 Å². The van der Waals surface area contributed by atoms with E-state index >= 15 is 0 Å². The lowest BCUT2D eigenvalue weighted by molar-refractivity contribution is 0.112. The van der Waals surface area contributed by atoms with Crippen LogP contribution in [-0.2, 0) is 10.2 Å². The van der Waals surface area contributed by atoms with Gasteiger partial charge in [-0.05, 0) is 18.5 Å². The molecule has 0 saturated heterocycles. The zero-order valence-electron chi connectivity index (χ0n) is 14.9. The van der Waals surface area contributed by atoms with Gasteiger partial charge in [-0.1, -0.05) is 59.1 Å². The molecular weight excluding hydrogens is 312 g/mol. The molecule has 0 aliphatic rings. The van der Waals surface area contributed by atoms with E-state index in [9.17, 15) is 0 Å². The topological polar surface area (TPSA) is 15.7 Å². The molecule has 0 fully saturated rings. The molecular formula is C17H30N2OS2. The van der Waals surface area contributed by atoms with Crippen molar-refractivity contribution >= 4 is 30.1 Å². The van der Waals surface area contributed by atoms with Crippen LogP contribution in [0, 0.1) is 9.02 Å². The van der Waals surface area contributed by atoms with Gasteiger partial charge >= 0.3 is 0 Å². The van der Waals surface area contributed by atoms with E-state index in [1.165, 1.54) is 5.56 Å². The summed E-state index contributed by atoms with van der Waals surface area (Å²) in [5.41, 5.74) is 2.41. The van der Waals surface area contributed by atoms with Crippen LogP contribution in [-0.4, -0.2) is 51.3 Å². The highest BCUT2D eigenvalue weighted by Crippen LogP contribution is 2.38. The molecule has 3 nitrogen and oxygen atoms in total. The molecule has 0 aromatic heterocycles. The second-order valence-corrected chi connectivity index (χ2v) is 7.51. The van der Waals surface area contributed by atoms with Crippen molar-refractivity contribution in [2.75, 3.05) is 51.3 Å². The Morgan fingerprint density at radius 1 is 0.955 bits per heavy atom. The summed E-state index contributed by atoms with van der Waals surface area (Å²) in [5.74, 6) is 0. The van der Waals surface area contributed by atoms with Crippen molar-refractivity contribution in [3.8, 4) is 0 Å². The molecule has 0 atom stereocenters. The van der Waals surface area contributed by atoms with Gasteiger partial charge in [0, 0.05) is 25.7 Å². The van der Waals surface area contributed by atoms with Crippen LogP contribution in [0.1, 0.15) is 40.2 Å². The first-order chi connectivity index (χ1) is 10.2. The number of nitrogens with zero attached hydrogens (tertiary/aromatic N) is 2. The lowest BCUT2D eigenvalue weighted by atomic mass is 9.83. The van der Waals surface area contributed by atoms with E-state index in [1.54, 1.807) is 0 Å². The molecule has 0 saturated carbocycles. The second kappa shape index (κ2) is 8.48. The smallest absolute Gasteiger partial charge is 0.0798 e. The Balaban J connectivity index is 2.48. The largest absolute Gasteiger partial charge is 0.378 e. The third-order valence-corrected chi connectivity index (χ3v) is 4.97. The van der Waals surface area contributed by atoms with Gasteiger partial charge in [0.25, 0.3) is 0 Å². The fraction of sp³-hybridized carbons (Fsp3) is 0.765. The van der Waals surface area contributed by atoms with Crippen LogP contribution in [0.25, 0.3) is 0 Å². The van der Waals surface area contributed by atoms with Crippen molar-refractivity contribution in [1.29, 1.82) is 0 Å². The van der Waals surface area contributed by atoms with Gasteiger partial charge in [-0.2, -0.15) is 0 Å². The molecule has 0 N–H and O–H groups in total. The molecule has 22 heavy (non-hydrogen) atoms. The fourth-order valence-electron chi connectivity index (χ4n) is 2.59. The normalized spacial score (nSPS) is 12.3. The lowest BCUT2D eigenvalue weighted by Gasteiger charge is -2.32. The van der Waals surface area contributed by atoms with Crippen molar-refractivity contribution in [1.82, 2.24) is 4.90 Å². The van der Waals surface area contributed by atoms with Crippen molar-refractivity contribution < 1.29 is 4.74 Å². The van der Waals surface area contributed by atoms with Crippen molar-refractivity contribution in [3.05, 3.63) is 14.6 Å². The summed E-state index contributed by atoms with van der Waals surface area (Å²) in [6, 6.07) is 0. The van der Waals surface area contributed by atoms with E-state index < -0.39 is 0 Å². The van der Waals surface area contributed by atoms with Crippen molar-refractivity contribution in [2.45, 2.75) is 40.0 Å². The molecule has 0 spiro atoms. The summed E-state index contributed by atoms with van der Waals surface area (Å²) in [5, 5.41) is 0. The Kier molecular flexibility index (Phi) is 7.59. The third kappa shape index (κ3) is 4.82. The molecule has 0 aliphatic heterocycles. The summed E-state index contributed by atoms with van der Waals surface area (Å²) in [6.07, 6.45) is 0. The van der Waals surface area contributed by atoms with Crippen LogP contribution >= 0.6 is 24.4 Å². The number of hydrogen-bond acceptors (Lipinski definition) is 5. The number of anilines is 1. The molecule has 126 valence electrons. The molecule has 0 radical (unpaired) electrons. The average molecular weight is 343 g/mol. The minimum Gasteiger partial charge on any atom is -0.378 e. The highest BCUT2D eigenvalue weighted by Gasteiger charge is 2.27. The highest BCUT2D eigenvalue weighted by molar-refractivity contribution is 7.74. The van der Waals surface area contributed by atoms with Gasteiger partial charge in [0.2, 0.25) is 0 Å². The summed E-state index contributed by atoms with van der Waals surface area (Å²) >= 11 is 10.8. The van der Waals surface area contributed by atoms with E-state index in [-0.39, 0.29) is 5.41 Å². The lowest BCUT2D eigenvalue weighted by Crippen LogP contribution is -2.31. The molecule has 5 heteroatoms. The molecule has 0 bridgehead atoms. The van der Waals surface area contributed by atoms with E-state index in [4.69, 9.17) is 29.2 Å². The predicted molar refractivity (Wildman–Crippen MR) is 101 cm³/mol. The highest BCUT2D eigenvalue weighted by atomic mass is 32.1. The molecule has 0 heterocycles. The quantitative estimate of drug-likeness (QED) is 0.494. The third-order valence-electron chi connectivity index (χ3n) is 4.03. The second-order valence-electron chi connectivity index (χ2n) is 6.69. The maximum Gasteiger partial charge on any atom is 0.0798 e. The monoisotopic (exact) mass is 342 g/mol. The van der Waals surface area contributed by atoms with Gasteiger partial charge in [0.15, 0.2) is 0 Å². The van der Waals surface area contributed by atoms with Crippen LogP contribution in [0.2, 0.25) is 0 Å². The SMILES string of the molecule is CCN(CC)CCOCCN(C)c1c(C(C)(C)C)c(=S)c1=S. The predicted octanol–water partition coefficient (Wildman–Crippen LogP) is 4.11. The maximum atomic E-state index is 5.76. The first-order valence-electron chi connectivity index (χ1n) is 8.09. The van der Waals surface area contributed by atoms with Gasteiger partial charge in [-0.3, -0.25) is 0 Å². The number of ether oxygens (including phenoxy) is 1. The Hall–Kier alpha value is -0.360. The van der Waals surface area contributed by atoms with Crippen LogP contribution < -0.4 is 4.90 Å². The molecule has 1 aromatic carbocycles. The van der Waals surface area contributed by atoms with Gasteiger partial charge in [-0.25, -0.2) is 0 Å². The zero-order valence-corrected chi connectivity index (χ0v) is 16.5. The first-order valence-corrected chi connectivity index (χ1v) is 8.90. The maximum absolute atomic E-state index is 5.76. The Labute approximate surface area is 146 Å². The molecule has 0 amide bonds. The van der Waals surface area contributed by atoms with Gasteiger partial charge < -0.3 is 14.5 Å². The Bertz CT molecular complexity index is 537. The summed E-state index contributed by atoms with van der Waals surface area (Å²) in [7, 11) is 2.07. The standard InChI is InChI=1S/C17H30N2OS2/c1-7-19(8-2)10-12-20-11-9-18(6)14-13(17(3,4)5)15(21)16(14)22/h7-12H2,1-6H3. The van der Waals surface area contributed by atoms with Crippen molar-refractivity contribution in [3.63, 3.8) is 0 Å². The summed E-state index contributed by atoms with van der Waals surface area (Å²) in [4.78, 5) is 4.56. The van der Waals surface area contributed by atoms with E-state index in [0.29, 0.717) is 6.61 Å². The minimum atomic E-state index is 0.0482. The number of likely N-dealkylation sites (N-methyl/N-ethyl adjacent to an activating group) is 2. The van der Waals surface area contributed by atoms with E-state index in [2.05, 4.69) is 51.5 Å².